The van der Waals surface area contributed by atoms with E-state index in [1.54, 1.807) is 0 Å². The fourth-order valence-electron chi connectivity index (χ4n) is 1.66. The topological polar surface area (TPSA) is 35.2 Å². The van der Waals surface area contributed by atoms with E-state index in [-0.39, 0.29) is 18.4 Å². The molecule has 102 valence electrons. The lowest BCUT2D eigenvalue weighted by molar-refractivity contribution is -0.275. The van der Waals surface area contributed by atoms with Crippen molar-refractivity contribution < 1.29 is 22.3 Å². The maximum Gasteiger partial charge on any atom is 0.573 e. The van der Waals surface area contributed by atoms with Crippen molar-refractivity contribution in [3.05, 3.63) is 29.6 Å². The standard InChI is InChI=1S/C11H11F4NO.ClH/c12-8-5-7(10(16)6-1-2-6)3-4-9(8)17-11(13,14)15;/h3-6,10H,1-2,16H2;1H/t10-;/m0./s1. The first-order valence-electron chi connectivity index (χ1n) is 5.17. The van der Waals surface area contributed by atoms with Crippen molar-refractivity contribution in [3.8, 4) is 5.75 Å². The van der Waals surface area contributed by atoms with Crippen LogP contribution in [-0.2, 0) is 0 Å². The first-order valence-corrected chi connectivity index (χ1v) is 5.17. The van der Waals surface area contributed by atoms with Crippen molar-refractivity contribution in [2.24, 2.45) is 11.7 Å². The van der Waals surface area contributed by atoms with Gasteiger partial charge in [0.2, 0.25) is 0 Å². The van der Waals surface area contributed by atoms with E-state index in [0.29, 0.717) is 11.5 Å². The molecule has 1 aromatic rings. The highest BCUT2D eigenvalue weighted by Gasteiger charge is 2.33. The molecule has 0 spiro atoms. The molecule has 1 aliphatic carbocycles. The molecule has 18 heavy (non-hydrogen) atoms. The summed E-state index contributed by atoms with van der Waals surface area (Å²) in [5, 5.41) is 0. The zero-order valence-corrected chi connectivity index (χ0v) is 10.0. The molecule has 1 aromatic carbocycles. The summed E-state index contributed by atoms with van der Waals surface area (Å²) in [5.41, 5.74) is 6.32. The smallest absolute Gasteiger partial charge is 0.403 e. The van der Waals surface area contributed by atoms with Gasteiger partial charge in [-0.15, -0.1) is 25.6 Å². The predicted molar refractivity (Wildman–Crippen MR) is 60.0 cm³/mol. The molecule has 1 atom stereocenters. The normalized spacial score (nSPS) is 16.9. The summed E-state index contributed by atoms with van der Waals surface area (Å²) in [6.45, 7) is 0. The number of ether oxygens (including phenoxy) is 1. The van der Waals surface area contributed by atoms with E-state index in [1.807, 2.05) is 0 Å². The minimum atomic E-state index is -4.89. The lowest BCUT2D eigenvalue weighted by atomic mass is 10.0. The highest BCUT2D eigenvalue weighted by Crippen LogP contribution is 2.40. The average Bonchev–Trinajstić information content (AvgIpc) is 3.01. The van der Waals surface area contributed by atoms with Crippen LogP contribution >= 0.6 is 12.4 Å². The predicted octanol–water partition coefficient (Wildman–Crippen LogP) is 3.56. The van der Waals surface area contributed by atoms with Crippen LogP contribution in [0.3, 0.4) is 0 Å². The van der Waals surface area contributed by atoms with Gasteiger partial charge in [0.15, 0.2) is 11.6 Å². The second-order valence-electron chi connectivity index (χ2n) is 4.10. The Labute approximate surface area is 108 Å². The Morgan fingerprint density at radius 1 is 1.28 bits per heavy atom. The second-order valence-corrected chi connectivity index (χ2v) is 4.10. The summed E-state index contributed by atoms with van der Waals surface area (Å²) in [5.74, 6) is -1.57. The van der Waals surface area contributed by atoms with Gasteiger partial charge in [0.05, 0.1) is 0 Å². The van der Waals surface area contributed by atoms with E-state index < -0.39 is 17.9 Å². The van der Waals surface area contributed by atoms with Crippen LogP contribution in [0.5, 0.6) is 5.75 Å². The van der Waals surface area contributed by atoms with E-state index >= 15 is 0 Å². The van der Waals surface area contributed by atoms with E-state index in [4.69, 9.17) is 5.73 Å². The molecule has 0 heterocycles. The molecule has 1 fully saturated rings. The lowest BCUT2D eigenvalue weighted by Crippen LogP contribution is -2.18. The first-order chi connectivity index (χ1) is 7.87. The fraction of sp³-hybridized carbons (Fsp3) is 0.455. The van der Waals surface area contributed by atoms with E-state index in [2.05, 4.69) is 4.74 Å². The van der Waals surface area contributed by atoms with Gasteiger partial charge in [0, 0.05) is 6.04 Å². The van der Waals surface area contributed by atoms with Crippen LogP contribution in [0.2, 0.25) is 0 Å². The Morgan fingerprint density at radius 2 is 1.89 bits per heavy atom. The number of halogens is 5. The zero-order valence-electron chi connectivity index (χ0n) is 9.21. The molecule has 0 unspecified atom stereocenters. The quantitative estimate of drug-likeness (QED) is 0.862. The van der Waals surface area contributed by atoms with Gasteiger partial charge in [-0.25, -0.2) is 4.39 Å². The number of hydrogen-bond donors (Lipinski definition) is 1. The molecule has 7 heteroatoms. The molecule has 2 rings (SSSR count). The molecule has 1 aliphatic rings. The Hall–Kier alpha value is -1.01. The maximum atomic E-state index is 13.3. The van der Waals surface area contributed by atoms with Crippen LogP contribution in [-0.4, -0.2) is 6.36 Å². The third kappa shape index (κ3) is 3.74. The number of benzene rings is 1. The Balaban J connectivity index is 0.00000162. The minimum Gasteiger partial charge on any atom is -0.403 e. The van der Waals surface area contributed by atoms with Gasteiger partial charge >= 0.3 is 6.36 Å². The molecule has 0 saturated heterocycles. The molecule has 1 saturated carbocycles. The zero-order chi connectivity index (χ0) is 12.6. The van der Waals surface area contributed by atoms with Crippen LogP contribution in [0.4, 0.5) is 17.6 Å². The van der Waals surface area contributed by atoms with Crippen LogP contribution in [0, 0.1) is 11.7 Å². The maximum absolute atomic E-state index is 13.3. The van der Waals surface area contributed by atoms with Crippen LogP contribution in [0.15, 0.2) is 18.2 Å². The average molecular weight is 286 g/mol. The molecular formula is C11H12ClF4NO. The van der Waals surface area contributed by atoms with Gasteiger partial charge in [-0.1, -0.05) is 6.07 Å². The Morgan fingerprint density at radius 3 is 2.33 bits per heavy atom. The molecule has 0 aliphatic heterocycles. The first kappa shape index (κ1) is 15.0. The van der Waals surface area contributed by atoms with Crippen molar-refractivity contribution in [1.82, 2.24) is 0 Å². The van der Waals surface area contributed by atoms with Gasteiger partial charge in [-0.05, 0) is 36.5 Å². The molecule has 2 N–H and O–H groups in total. The molecule has 0 aromatic heterocycles. The van der Waals surface area contributed by atoms with Gasteiger partial charge in [-0.3, -0.25) is 0 Å². The fourth-order valence-corrected chi connectivity index (χ4v) is 1.66. The largest absolute Gasteiger partial charge is 0.573 e. The third-order valence-electron chi connectivity index (χ3n) is 2.70. The van der Waals surface area contributed by atoms with Gasteiger partial charge in [-0.2, -0.15) is 0 Å². The number of hydrogen-bond acceptors (Lipinski definition) is 2. The molecule has 0 bridgehead atoms. The van der Waals surface area contributed by atoms with Crippen LogP contribution in [0.1, 0.15) is 24.4 Å². The summed E-state index contributed by atoms with van der Waals surface area (Å²) in [6, 6.07) is 3.02. The Kier molecular flexibility index (Phi) is 4.45. The summed E-state index contributed by atoms with van der Waals surface area (Å²) in [4.78, 5) is 0. The SMILES string of the molecule is Cl.N[C@H](c1ccc(OC(F)(F)F)c(F)c1)C1CC1. The number of rotatable bonds is 3. The monoisotopic (exact) mass is 285 g/mol. The lowest BCUT2D eigenvalue weighted by Gasteiger charge is -2.13. The van der Waals surface area contributed by atoms with Crippen molar-refractivity contribution in [1.29, 1.82) is 0 Å². The minimum absolute atomic E-state index is 0. The summed E-state index contributed by atoms with van der Waals surface area (Å²) in [6.07, 6.45) is -2.94. The van der Waals surface area contributed by atoms with E-state index in [0.717, 1.165) is 25.0 Å². The molecular weight excluding hydrogens is 274 g/mol. The van der Waals surface area contributed by atoms with E-state index in [9.17, 15) is 17.6 Å². The molecule has 0 radical (unpaired) electrons. The Bertz CT molecular complexity index is 420. The van der Waals surface area contributed by atoms with Crippen molar-refractivity contribution in [2.45, 2.75) is 25.2 Å². The summed E-state index contributed by atoms with van der Waals surface area (Å²) < 4.78 is 52.6. The number of alkyl halides is 3. The highest BCUT2D eigenvalue weighted by molar-refractivity contribution is 5.85. The molecule has 2 nitrogen and oxygen atoms in total. The van der Waals surface area contributed by atoms with Crippen molar-refractivity contribution in [3.63, 3.8) is 0 Å². The van der Waals surface area contributed by atoms with E-state index in [1.165, 1.54) is 6.07 Å². The van der Waals surface area contributed by atoms with Crippen LogP contribution < -0.4 is 10.5 Å². The number of nitrogens with two attached hydrogens (primary N) is 1. The third-order valence-corrected chi connectivity index (χ3v) is 2.70. The molecule has 0 amide bonds. The highest BCUT2D eigenvalue weighted by atomic mass is 35.5. The van der Waals surface area contributed by atoms with Gasteiger partial charge in [0.1, 0.15) is 0 Å². The second kappa shape index (κ2) is 5.32. The van der Waals surface area contributed by atoms with Gasteiger partial charge < -0.3 is 10.5 Å². The van der Waals surface area contributed by atoms with Crippen molar-refractivity contribution >= 4 is 12.4 Å². The summed E-state index contributed by atoms with van der Waals surface area (Å²) >= 11 is 0. The van der Waals surface area contributed by atoms with Crippen molar-refractivity contribution in [2.75, 3.05) is 0 Å². The van der Waals surface area contributed by atoms with Crippen LogP contribution in [0.25, 0.3) is 0 Å². The summed E-state index contributed by atoms with van der Waals surface area (Å²) in [7, 11) is 0. The van der Waals surface area contributed by atoms with Gasteiger partial charge in [0.25, 0.3) is 0 Å².